The van der Waals surface area contributed by atoms with Crippen LogP contribution in [0.2, 0.25) is 0 Å². The van der Waals surface area contributed by atoms with Crippen LogP contribution >= 0.6 is 15.9 Å². The zero-order valence-corrected chi connectivity index (χ0v) is 12.6. The monoisotopic (exact) mass is 338 g/mol. The van der Waals surface area contributed by atoms with Crippen molar-refractivity contribution in [3.05, 3.63) is 46.1 Å². The van der Waals surface area contributed by atoms with Crippen molar-refractivity contribution in [1.29, 1.82) is 0 Å². The van der Waals surface area contributed by atoms with Gasteiger partial charge in [0.25, 0.3) is 0 Å². The Hall–Kier alpha value is -1.69. The van der Waals surface area contributed by atoms with Crippen molar-refractivity contribution in [2.24, 2.45) is 5.92 Å². The third kappa shape index (κ3) is 4.45. The Kier molecular flexibility index (Phi) is 4.89. The van der Waals surface area contributed by atoms with Crippen LogP contribution in [0.1, 0.15) is 30.7 Å². The topological polar surface area (TPSA) is 76.2 Å². The number of benzene rings is 1. The third-order valence-electron chi connectivity index (χ3n) is 2.82. The van der Waals surface area contributed by atoms with E-state index in [9.17, 15) is 4.79 Å². The molecule has 0 aliphatic heterocycles. The second-order valence-electron chi connectivity index (χ2n) is 4.80. The molecule has 0 saturated carbocycles. The minimum Gasteiger partial charge on any atom is -0.481 e. The van der Waals surface area contributed by atoms with Crippen molar-refractivity contribution in [2.75, 3.05) is 0 Å². The summed E-state index contributed by atoms with van der Waals surface area (Å²) < 4.78 is 6.57. The molecule has 1 aromatic heterocycles. The Morgan fingerprint density at radius 3 is 2.60 bits per heavy atom. The second kappa shape index (κ2) is 6.65. The van der Waals surface area contributed by atoms with Gasteiger partial charge in [0.05, 0.1) is 6.42 Å². The molecule has 20 heavy (non-hydrogen) atoms. The summed E-state index contributed by atoms with van der Waals surface area (Å²) in [6.45, 7) is 1.85. The normalized spacial score (nSPS) is 12.3. The summed E-state index contributed by atoms with van der Waals surface area (Å²) in [5, 5.41) is 16.7. The number of halogens is 1. The molecule has 2 rings (SSSR count). The van der Waals surface area contributed by atoms with Gasteiger partial charge in [0.15, 0.2) is 0 Å². The van der Waals surface area contributed by atoms with Gasteiger partial charge in [-0.15, -0.1) is 10.2 Å². The lowest BCUT2D eigenvalue weighted by Crippen LogP contribution is -2.07. The minimum absolute atomic E-state index is 0.0199. The van der Waals surface area contributed by atoms with Crippen molar-refractivity contribution in [3.8, 4) is 0 Å². The second-order valence-corrected chi connectivity index (χ2v) is 5.72. The average molecular weight is 339 g/mol. The van der Waals surface area contributed by atoms with Gasteiger partial charge in [0.2, 0.25) is 11.8 Å². The summed E-state index contributed by atoms with van der Waals surface area (Å²) in [7, 11) is 0. The molecule has 5 nitrogen and oxygen atoms in total. The Labute approximate surface area is 125 Å². The molecule has 0 saturated heterocycles. The Morgan fingerprint density at radius 1 is 1.30 bits per heavy atom. The van der Waals surface area contributed by atoms with Gasteiger partial charge in [-0.2, -0.15) is 0 Å². The van der Waals surface area contributed by atoms with Gasteiger partial charge >= 0.3 is 5.97 Å². The Balaban J connectivity index is 1.95. The van der Waals surface area contributed by atoms with E-state index >= 15 is 0 Å². The predicted octanol–water partition coefficient (Wildman–Crippen LogP) is 3.08. The molecule has 0 radical (unpaired) electrons. The van der Waals surface area contributed by atoms with Gasteiger partial charge in [0.1, 0.15) is 0 Å². The van der Waals surface area contributed by atoms with E-state index in [0.717, 1.165) is 10.0 Å². The third-order valence-corrected chi connectivity index (χ3v) is 3.35. The average Bonchev–Trinajstić information content (AvgIpc) is 2.78. The number of carboxylic acid groups (broad SMARTS) is 1. The number of hydrogen-bond acceptors (Lipinski definition) is 4. The first kappa shape index (κ1) is 14.7. The van der Waals surface area contributed by atoms with Crippen LogP contribution in [0.15, 0.2) is 33.2 Å². The quantitative estimate of drug-likeness (QED) is 0.875. The molecule has 0 aliphatic rings. The van der Waals surface area contributed by atoms with Crippen molar-refractivity contribution in [1.82, 2.24) is 10.2 Å². The number of aromatic nitrogens is 2. The zero-order chi connectivity index (χ0) is 14.5. The highest BCUT2D eigenvalue weighted by Crippen LogP contribution is 2.15. The Morgan fingerprint density at radius 2 is 1.95 bits per heavy atom. The number of rotatable bonds is 6. The maximum atomic E-state index is 10.6. The highest BCUT2D eigenvalue weighted by molar-refractivity contribution is 9.10. The summed E-state index contributed by atoms with van der Waals surface area (Å²) >= 11 is 3.38. The predicted molar refractivity (Wildman–Crippen MR) is 76.4 cm³/mol. The van der Waals surface area contributed by atoms with Crippen molar-refractivity contribution >= 4 is 21.9 Å². The number of aliphatic carboxylic acids is 1. The summed E-state index contributed by atoms with van der Waals surface area (Å²) in [5.74, 6) is 0.205. The van der Waals surface area contributed by atoms with Crippen molar-refractivity contribution in [2.45, 2.75) is 26.2 Å². The molecule has 1 aromatic carbocycles. The SMILES string of the molecule is CC(CC(=O)O)Cc1nnc(Cc2ccc(Br)cc2)o1. The van der Waals surface area contributed by atoms with Crippen LogP contribution in [-0.4, -0.2) is 21.3 Å². The lowest BCUT2D eigenvalue weighted by Gasteiger charge is -2.03. The first-order valence-corrected chi connectivity index (χ1v) is 7.09. The van der Waals surface area contributed by atoms with Crippen LogP contribution in [0, 0.1) is 5.92 Å². The zero-order valence-electron chi connectivity index (χ0n) is 11.0. The van der Waals surface area contributed by atoms with Gasteiger partial charge in [-0.3, -0.25) is 4.79 Å². The van der Waals surface area contributed by atoms with Crippen LogP contribution in [0.25, 0.3) is 0 Å². The molecule has 1 N–H and O–H groups in total. The van der Waals surface area contributed by atoms with E-state index in [0.29, 0.717) is 24.6 Å². The molecule has 0 spiro atoms. The maximum Gasteiger partial charge on any atom is 0.303 e. The fourth-order valence-electron chi connectivity index (χ4n) is 1.89. The fraction of sp³-hybridized carbons (Fsp3) is 0.357. The van der Waals surface area contributed by atoms with Gasteiger partial charge in [0, 0.05) is 17.3 Å². The van der Waals surface area contributed by atoms with Gasteiger partial charge in [-0.25, -0.2) is 0 Å². The molecule has 1 unspecified atom stereocenters. The van der Waals surface area contributed by atoms with Crippen LogP contribution in [0.5, 0.6) is 0 Å². The number of nitrogens with zero attached hydrogens (tertiary/aromatic N) is 2. The number of hydrogen-bond donors (Lipinski definition) is 1. The van der Waals surface area contributed by atoms with Crippen LogP contribution in [0.4, 0.5) is 0 Å². The minimum atomic E-state index is -0.813. The standard InChI is InChI=1S/C14H15BrN2O3/c1-9(7-14(18)19)6-12-16-17-13(20-12)8-10-2-4-11(15)5-3-10/h2-5,9H,6-8H2,1H3,(H,18,19). The van der Waals surface area contributed by atoms with Crippen LogP contribution in [0.3, 0.4) is 0 Å². The molecule has 0 amide bonds. The maximum absolute atomic E-state index is 10.6. The molecule has 106 valence electrons. The van der Waals surface area contributed by atoms with E-state index in [1.807, 2.05) is 31.2 Å². The molecule has 0 fully saturated rings. The summed E-state index contributed by atoms with van der Waals surface area (Å²) in [5.41, 5.74) is 1.09. The Bertz CT molecular complexity index is 580. The molecular weight excluding hydrogens is 324 g/mol. The van der Waals surface area contributed by atoms with E-state index < -0.39 is 5.97 Å². The van der Waals surface area contributed by atoms with E-state index in [2.05, 4.69) is 26.1 Å². The molecular formula is C14H15BrN2O3. The lowest BCUT2D eigenvalue weighted by molar-refractivity contribution is -0.137. The first-order valence-electron chi connectivity index (χ1n) is 6.30. The molecule has 1 heterocycles. The van der Waals surface area contributed by atoms with Gasteiger partial charge in [-0.1, -0.05) is 35.0 Å². The van der Waals surface area contributed by atoms with Gasteiger partial charge in [-0.05, 0) is 23.6 Å². The van der Waals surface area contributed by atoms with Crippen LogP contribution < -0.4 is 0 Å². The van der Waals surface area contributed by atoms with Crippen molar-refractivity contribution in [3.63, 3.8) is 0 Å². The molecule has 6 heteroatoms. The van der Waals surface area contributed by atoms with E-state index in [1.165, 1.54) is 0 Å². The van der Waals surface area contributed by atoms with Crippen LogP contribution in [-0.2, 0) is 17.6 Å². The fourth-order valence-corrected chi connectivity index (χ4v) is 2.15. The highest BCUT2D eigenvalue weighted by atomic mass is 79.9. The van der Waals surface area contributed by atoms with E-state index in [-0.39, 0.29) is 12.3 Å². The summed E-state index contributed by atoms with van der Waals surface area (Å²) in [6.07, 6.45) is 1.16. The summed E-state index contributed by atoms with van der Waals surface area (Å²) in [4.78, 5) is 10.6. The van der Waals surface area contributed by atoms with Gasteiger partial charge < -0.3 is 9.52 Å². The molecule has 1 atom stereocenters. The lowest BCUT2D eigenvalue weighted by atomic mass is 10.0. The highest BCUT2D eigenvalue weighted by Gasteiger charge is 2.13. The molecule has 2 aromatic rings. The smallest absolute Gasteiger partial charge is 0.303 e. The molecule has 0 aliphatic carbocycles. The number of carboxylic acids is 1. The van der Waals surface area contributed by atoms with E-state index in [4.69, 9.17) is 9.52 Å². The molecule has 0 bridgehead atoms. The first-order chi connectivity index (χ1) is 9.52. The van der Waals surface area contributed by atoms with Crippen molar-refractivity contribution < 1.29 is 14.3 Å². The number of carbonyl (C=O) groups is 1. The summed E-state index contributed by atoms with van der Waals surface area (Å²) in [6, 6.07) is 7.89. The largest absolute Gasteiger partial charge is 0.481 e. The van der Waals surface area contributed by atoms with E-state index in [1.54, 1.807) is 0 Å².